The largest absolute Gasteiger partial charge is 0.384 e. The second-order valence-electron chi connectivity index (χ2n) is 3.90. The summed E-state index contributed by atoms with van der Waals surface area (Å²) < 4.78 is 0. The van der Waals surface area contributed by atoms with Crippen molar-refractivity contribution in [1.29, 1.82) is 0 Å². The van der Waals surface area contributed by atoms with Crippen molar-refractivity contribution in [2.75, 3.05) is 11.9 Å². The molecule has 110 valence electrons. The fourth-order valence-electron chi connectivity index (χ4n) is 1.40. The Morgan fingerprint density at radius 3 is 2.81 bits per heavy atom. The standard InChI is InChI=1S/C13H11Cl2N3O2S/c14-9-4-3-8(6-10(9)15)17-12(19)7-20-18-13(16)11-2-1-5-21-11/h1-6H,7H2,(H2,16,18)(H,17,19). The molecule has 0 atom stereocenters. The average molecular weight is 344 g/mol. The topological polar surface area (TPSA) is 76.7 Å². The van der Waals surface area contributed by atoms with Crippen LogP contribution in [0.5, 0.6) is 0 Å². The van der Waals surface area contributed by atoms with Gasteiger partial charge in [0.05, 0.1) is 14.9 Å². The minimum Gasteiger partial charge on any atom is -0.384 e. The SMILES string of the molecule is N/C(=N\OCC(=O)Nc1ccc(Cl)c(Cl)c1)c1cccs1. The molecular weight excluding hydrogens is 333 g/mol. The summed E-state index contributed by atoms with van der Waals surface area (Å²) in [5, 5.41) is 8.92. The summed E-state index contributed by atoms with van der Waals surface area (Å²) >= 11 is 13.1. The highest BCUT2D eigenvalue weighted by atomic mass is 35.5. The molecule has 1 amide bonds. The van der Waals surface area contributed by atoms with Crippen LogP contribution in [-0.2, 0) is 9.63 Å². The Morgan fingerprint density at radius 2 is 2.14 bits per heavy atom. The number of hydrogen-bond acceptors (Lipinski definition) is 4. The molecule has 0 aliphatic heterocycles. The molecule has 2 aromatic rings. The molecule has 0 aliphatic carbocycles. The number of benzene rings is 1. The highest BCUT2D eigenvalue weighted by Gasteiger charge is 2.06. The lowest BCUT2D eigenvalue weighted by Crippen LogP contribution is -2.19. The zero-order valence-electron chi connectivity index (χ0n) is 10.7. The molecule has 0 saturated heterocycles. The first-order chi connectivity index (χ1) is 10.1. The number of nitrogens with two attached hydrogens (primary N) is 1. The number of amides is 1. The lowest BCUT2D eigenvalue weighted by atomic mass is 10.3. The van der Waals surface area contributed by atoms with E-state index in [-0.39, 0.29) is 18.3 Å². The molecule has 0 aliphatic rings. The van der Waals surface area contributed by atoms with Crippen LogP contribution >= 0.6 is 34.5 Å². The van der Waals surface area contributed by atoms with Crippen LogP contribution in [0.4, 0.5) is 5.69 Å². The van der Waals surface area contributed by atoms with E-state index in [9.17, 15) is 4.79 Å². The summed E-state index contributed by atoms with van der Waals surface area (Å²) in [7, 11) is 0. The summed E-state index contributed by atoms with van der Waals surface area (Å²) in [4.78, 5) is 17.3. The minimum atomic E-state index is -0.379. The molecule has 2 rings (SSSR count). The normalized spacial score (nSPS) is 11.2. The predicted octanol–water partition coefficient (Wildman–Crippen LogP) is 3.33. The number of nitrogens with one attached hydrogen (secondary N) is 1. The third-order valence-corrected chi connectivity index (χ3v) is 3.97. The monoisotopic (exact) mass is 343 g/mol. The van der Waals surface area contributed by atoms with Crippen molar-refractivity contribution in [3.8, 4) is 0 Å². The second-order valence-corrected chi connectivity index (χ2v) is 5.67. The first-order valence-corrected chi connectivity index (χ1v) is 7.44. The van der Waals surface area contributed by atoms with Gasteiger partial charge in [-0.2, -0.15) is 0 Å². The molecular formula is C13H11Cl2N3O2S. The van der Waals surface area contributed by atoms with E-state index in [2.05, 4.69) is 10.5 Å². The van der Waals surface area contributed by atoms with Gasteiger partial charge in [0.15, 0.2) is 12.4 Å². The molecule has 0 bridgehead atoms. The van der Waals surface area contributed by atoms with Gasteiger partial charge in [0.25, 0.3) is 5.91 Å². The number of oxime groups is 1. The van der Waals surface area contributed by atoms with Gasteiger partial charge in [0, 0.05) is 5.69 Å². The van der Waals surface area contributed by atoms with Gasteiger partial charge in [-0.1, -0.05) is 34.4 Å². The van der Waals surface area contributed by atoms with Crippen LogP contribution in [-0.4, -0.2) is 18.3 Å². The molecule has 1 heterocycles. The van der Waals surface area contributed by atoms with E-state index in [4.69, 9.17) is 33.8 Å². The molecule has 3 N–H and O–H groups in total. The molecule has 0 radical (unpaired) electrons. The Morgan fingerprint density at radius 1 is 1.33 bits per heavy atom. The van der Waals surface area contributed by atoms with Crippen molar-refractivity contribution < 1.29 is 9.63 Å². The molecule has 0 spiro atoms. The summed E-state index contributed by atoms with van der Waals surface area (Å²) in [6.07, 6.45) is 0. The fraction of sp³-hybridized carbons (Fsp3) is 0.0769. The number of carbonyl (C=O) groups is 1. The van der Waals surface area contributed by atoms with Crippen molar-refractivity contribution in [2.45, 2.75) is 0 Å². The zero-order chi connectivity index (χ0) is 15.2. The zero-order valence-corrected chi connectivity index (χ0v) is 13.0. The molecule has 8 heteroatoms. The van der Waals surface area contributed by atoms with Gasteiger partial charge >= 0.3 is 0 Å². The molecule has 21 heavy (non-hydrogen) atoms. The maximum Gasteiger partial charge on any atom is 0.265 e. The van der Waals surface area contributed by atoms with Crippen molar-refractivity contribution in [3.63, 3.8) is 0 Å². The Labute approximate surface area is 135 Å². The smallest absolute Gasteiger partial charge is 0.265 e. The van der Waals surface area contributed by atoms with E-state index in [1.165, 1.54) is 11.3 Å². The highest BCUT2D eigenvalue weighted by molar-refractivity contribution is 7.12. The van der Waals surface area contributed by atoms with Crippen LogP contribution in [0.2, 0.25) is 10.0 Å². The maximum atomic E-state index is 11.7. The van der Waals surface area contributed by atoms with Gasteiger partial charge in [0.2, 0.25) is 0 Å². The summed E-state index contributed by atoms with van der Waals surface area (Å²) in [6, 6.07) is 8.43. The molecule has 0 fully saturated rings. The number of amidine groups is 1. The molecule has 1 aromatic heterocycles. The summed E-state index contributed by atoms with van der Waals surface area (Å²) in [6.45, 7) is -0.258. The molecule has 0 saturated carbocycles. The van der Waals surface area contributed by atoms with E-state index in [0.717, 1.165) is 4.88 Å². The van der Waals surface area contributed by atoms with Crippen LogP contribution in [0.15, 0.2) is 40.9 Å². The Balaban J connectivity index is 1.85. The van der Waals surface area contributed by atoms with Crippen molar-refractivity contribution in [1.82, 2.24) is 0 Å². The average Bonchev–Trinajstić information content (AvgIpc) is 2.97. The highest BCUT2D eigenvalue weighted by Crippen LogP contribution is 2.24. The molecule has 1 aromatic carbocycles. The van der Waals surface area contributed by atoms with Crippen molar-refractivity contribution in [3.05, 3.63) is 50.6 Å². The fourth-order valence-corrected chi connectivity index (χ4v) is 2.32. The van der Waals surface area contributed by atoms with Crippen LogP contribution in [0.3, 0.4) is 0 Å². The predicted molar refractivity (Wildman–Crippen MR) is 86.1 cm³/mol. The quantitative estimate of drug-likeness (QED) is 0.496. The lowest BCUT2D eigenvalue weighted by molar-refractivity contribution is -0.120. The van der Waals surface area contributed by atoms with Gasteiger partial charge in [-0.25, -0.2) is 0 Å². The van der Waals surface area contributed by atoms with Crippen LogP contribution < -0.4 is 11.1 Å². The second kappa shape index (κ2) is 7.31. The Hall–Kier alpha value is -1.76. The maximum absolute atomic E-state index is 11.7. The Kier molecular flexibility index (Phi) is 5.44. The van der Waals surface area contributed by atoms with E-state index in [0.29, 0.717) is 15.7 Å². The van der Waals surface area contributed by atoms with Crippen molar-refractivity contribution >= 4 is 52.0 Å². The number of rotatable bonds is 5. The van der Waals surface area contributed by atoms with Crippen LogP contribution in [0, 0.1) is 0 Å². The number of halogens is 2. The minimum absolute atomic E-state index is 0.229. The number of carbonyl (C=O) groups excluding carboxylic acids is 1. The van der Waals surface area contributed by atoms with E-state index < -0.39 is 0 Å². The Bertz CT molecular complexity index is 659. The van der Waals surface area contributed by atoms with Gasteiger partial charge < -0.3 is 15.9 Å². The van der Waals surface area contributed by atoms with Crippen molar-refractivity contribution in [2.24, 2.45) is 10.9 Å². The van der Waals surface area contributed by atoms with Gasteiger partial charge in [-0.15, -0.1) is 11.3 Å². The third-order valence-electron chi connectivity index (χ3n) is 2.34. The van der Waals surface area contributed by atoms with E-state index >= 15 is 0 Å². The number of nitrogens with zero attached hydrogens (tertiary/aromatic N) is 1. The third kappa shape index (κ3) is 4.63. The van der Waals surface area contributed by atoms with Gasteiger partial charge in [-0.3, -0.25) is 4.79 Å². The van der Waals surface area contributed by atoms with E-state index in [1.54, 1.807) is 18.2 Å². The van der Waals surface area contributed by atoms with Crippen LogP contribution in [0.25, 0.3) is 0 Å². The summed E-state index contributed by atoms with van der Waals surface area (Å²) in [5.41, 5.74) is 6.21. The number of hydrogen-bond donors (Lipinski definition) is 2. The van der Waals surface area contributed by atoms with E-state index in [1.807, 2.05) is 17.5 Å². The van der Waals surface area contributed by atoms with Crippen LogP contribution in [0.1, 0.15) is 4.88 Å². The number of anilines is 1. The van der Waals surface area contributed by atoms with Gasteiger partial charge in [-0.05, 0) is 29.6 Å². The van der Waals surface area contributed by atoms with Gasteiger partial charge in [0.1, 0.15) is 0 Å². The first kappa shape index (κ1) is 15.6. The molecule has 0 unspecified atom stereocenters. The first-order valence-electron chi connectivity index (χ1n) is 5.80. The molecule has 5 nitrogen and oxygen atoms in total. The number of thiophene rings is 1. The summed E-state index contributed by atoms with van der Waals surface area (Å²) in [5.74, 6) is -0.150. The lowest BCUT2D eigenvalue weighted by Gasteiger charge is -2.05.